The number of hydrogen-bond acceptors (Lipinski definition) is 6. The molecule has 208 valence electrons. The first-order valence-electron chi connectivity index (χ1n) is 14.3. The summed E-state index contributed by atoms with van der Waals surface area (Å²) in [4.78, 5) is 34.6. The van der Waals surface area contributed by atoms with Crippen molar-refractivity contribution in [1.82, 2.24) is 10.6 Å². The standard InChI is InChI=1S/C16H27NO6.C12H23N/c1-16(2,3)23-15(21)17-12(14(19)20)9-10-13(18)22-11-7-5-4-6-8-11;1-3-7-11(8-4-1)13-12-9-5-2-6-10-12/h11-12H,4-10H2,1-3H3,(H,17,21)(H,19,20);11-13H,1-10H2/t12-;/m0./s1. The van der Waals surface area contributed by atoms with E-state index in [0.717, 1.165) is 44.2 Å². The number of carbonyl (C=O) groups is 3. The quantitative estimate of drug-likeness (QED) is 0.350. The summed E-state index contributed by atoms with van der Waals surface area (Å²) >= 11 is 0. The third-order valence-electron chi connectivity index (χ3n) is 7.16. The highest BCUT2D eigenvalue weighted by Gasteiger charge is 2.26. The molecule has 0 aromatic carbocycles. The number of esters is 1. The van der Waals surface area contributed by atoms with E-state index in [1.54, 1.807) is 20.8 Å². The number of carboxylic acids is 1. The zero-order valence-corrected chi connectivity index (χ0v) is 22.8. The van der Waals surface area contributed by atoms with Crippen molar-refractivity contribution in [3.63, 3.8) is 0 Å². The van der Waals surface area contributed by atoms with Gasteiger partial charge < -0.3 is 25.2 Å². The fourth-order valence-corrected chi connectivity index (χ4v) is 5.27. The van der Waals surface area contributed by atoms with Gasteiger partial charge in [-0.3, -0.25) is 4.79 Å². The fraction of sp³-hybridized carbons (Fsp3) is 0.893. The fourth-order valence-electron chi connectivity index (χ4n) is 5.27. The van der Waals surface area contributed by atoms with Crippen LogP contribution in [0.15, 0.2) is 0 Å². The van der Waals surface area contributed by atoms with Crippen LogP contribution >= 0.6 is 0 Å². The van der Waals surface area contributed by atoms with Crippen LogP contribution < -0.4 is 10.6 Å². The van der Waals surface area contributed by atoms with Crippen LogP contribution in [0.3, 0.4) is 0 Å². The maximum atomic E-state index is 11.8. The Hall–Kier alpha value is -1.83. The molecule has 3 saturated carbocycles. The average Bonchev–Trinajstić information content (AvgIpc) is 2.83. The van der Waals surface area contributed by atoms with Crippen LogP contribution in [0.1, 0.15) is 130 Å². The molecule has 0 spiro atoms. The SMILES string of the molecule is C1CCC(NC2CCCCC2)CC1.CC(C)(C)OC(=O)N[C@@H](CCC(=O)OC1CCCCC1)C(=O)O. The highest BCUT2D eigenvalue weighted by Crippen LogP contribution is 2.23. The van der Waals surface area contributed by atoms with Crippen molar-refractivity contribution in [1.29, 1.82) is 0 Å². The Morgan fingerprint density at radius 1 is 0.806 bits per heavy atom. The number of hydrogen-bond donors (Lipinski definition) is 3. The molecule has 0 unspecified atom stereocenters. The summed E-state index contributed by atoms with van der Waals surface area (Å²) in [6.07, 6.45) is 18.6. The predicted octanol–water partition coefficient (Wildman–Crippen LogP) is 5.86. The second kappa shape index (κ2) is 16.1. The van der Waals surface area contributed by atoms with Gasteiger partial charge in [-0.05, 0) is 78.6 Å². The molecule has 0 aliphatic heterocycles. The van der Waals surface area contributed by atoms with Crippen molar-refractivity contribution in [3.05, 3.63) is 0 Å². The summed E-state index contributed by atoms with van der Waals surface area (Å²) < 4.78 is 10.3. The van der Waals surface area contributed by atoms with Crippen LogP contribution in [0.25, 0.3) is 0 Å². The van der Waals surface area contributed by atoms with Gasteiger partial charge in [-0.15, -0.1) is 0 Å². The van der Waals surface area contributed by atoms with E-state index in [2.05, 4.69) is 10.6 Å². The van der Waals surface area contributed by atoms with E-state index in [-0.39, 0.29) is 18.9 Å². The summed E-state index contributed by atoms with van der Waals surface area (Å²) in [5.74, 6) is -1.63. The lowest BCUT2D eigenvalue weighted by Crippen LogP contribution is -2.43. The van der Waals surface area contributed by atoms with E-state index in [0.29, 0.717) is 0 Å². The molecule has 0 saturated heterocycles. The van der Waals surface area contributed by atoms with Crippen LogP contribution in [0.4, 0.5) is 4.79 Å². The van der Waals surface area contributed by atoms with E-state index >= 15 is 0 Å². The number of carboxylic acid groups (broad SMARTS) is 1. The second-order valence-electron chi connectivity index (χ2n) is 11.7. The Kier molecular flexibility index (Phi) is 13.6. The highest BCUT2D eigenvalue weighted by atomic mass is 16.6. The van der Waals surface area contributed by atoms with Crippen molar-refractivity contribution in [2.75, 3.05) is 0 Å². The first-order valence-corrected chi connectivity index (χ1v) is 14.3. The molecule has 3 aliphatic carbocycles. The summed E-state index contributed by atoms with van der Waals surface area (Å²) in [5, 5.41) is 15.3. The van der Waals surface area contributed by atoms with Crippen LogP contribution in [-0.2, 0) is 19.1 Å². The normalized spacial score (nSPS) is 21.0. The van der Waals surface area contributed by atoms with Gasteiger partial charge in [-0.1, -0.05) is 44.9 Å². The molecular formula is C28H50N2O6. The molecular weight excluding hydrogens is 460 g/mol. The van der Waals surface area contributed by atoms with Crippen molar-refractivity contribution < 1.29 is 29.0 Å². The number of alkyl carbamates (subject to hydrolysis) is 1. The zero-order valence-electron chi connectivity index (χ0n) is 22.8. The van der Waals surface area contributed by atoms with Crippen LogP contribution in [0, 0.1) is 0 Å². The number of aliphatic carboxylic acids is 1. The minimum atomic E-state index is -1.21. The van der Waals surface area contributed by atoms with Crippen molar-refractivity contribution in [2.45, 2.75) is 160 Å². The van der Waals surface area contributed by atoms with Crippen molar-refractivity contribution in [2.24, 2.45) is 0 Å². The van der Waals surface area contributed by atoms with Crippen LogP contribution in [-0.4, -0.2) is 53.0 Å². The first-order chi connectivity index (χ1) is 17.1. The van der Waals surface area contributed by atoms with Crippen LogP contribution in [0.2, 0.25) is 0 Å². The Morgan fingerprint density at radius 2 is 1.28 bits per heavy atom. The van der Waals surface area contributed by atoms with Crippen molar-refractivity contribution in [3.8, 4) is 0 Å². The Bertz CT molecular complexity index is 643. The Morgan fingerprint density at radius 3 is 1.72 bits per heavy atom. The lowest BCUT2D eigenvalue weighted by atomic mass is 9.91. The Labute approximate surface area is 217 Å². The molecule has 0 aromatic heterocycles. The van der Waals surface area contributed by atoms with Gasteiger partial charge in [0.2, 0.25) is 0 Å². The number of nitrogens with one attached hydrogen (secondary N) is 2. The summed E-state index contributed by atoms with van der Waals surface area (Å²) in [7, 11) is 0. The highest BCUT2D eigenvalue weighted by molar-refractivity contribution is 5.80. The molecule has 8 nitrogen and oxygen atoms in total. The Balaban J connectivity index is 0.000000293. The van der Waals surface area contributed by atoms with Gasteiger partial charge in [-0.2, -0.15) is 0 Å². The van der Waals surface area contributed by atoms with Gasteiger partial charge >= 0.3 is 18.0 Å². The maximum absolute atomic E-state index is 11.8. The third kappa shape index (κ3) is 13.5. The number of rotatable bonds is 8. The van der Waals surface area contributed by atoms with E-state index in [9.17, 15) is 14.4 Å². The minimum Gasteiger partial charge on any atom is -0.480 e. The van der Waals surface area contributed by atoms with Gasteiger partial charge in [0.1, 0.15) is 17.7 Å². The molecule has 0 radical (unpaired) electrons. The summed E-state index contributed by atoms with van der Waals surface area (Å²) in [6, 6.07) is 0.567. The van der Waals surface area contributed by atoms with Crippen LogP contribution in [0.5, 0.6) is 0 Å². The van der Waals surface area contributed by atoms with E-state index in [1.165, 1.54) is 64.2 Å². The number of amides is 1. The molecule has 3 rings (SSSR count). The second-order valence-corrected chi connectivity index (χ2v) is 11.7. The molecule has 3 fully saturated rings. The maximum Gasteiger partial charge on any atom is 0.408 e. The molecule has 36 heavy (non-hydrogen) atoms. The van der Waals surface area contributed by atoms with Gasteiger partial charge in [0.15, 0.2) is 0 Å². The van der Waals surface area contributed by atoms with Gasteiger partial charge in [-0.25, -0.2) is 9.59 Å². The third-order valence-corrected chi connectivity index (χ3v) is 7.16. The molecule has 3 aliphatic rings. The molecule has 0 bridgehead atoms. The largest absolute Gasteiger partial charge is 0.480 e. The molecule has 3 N–H and O–H groups in total. The zero-order chi connectivity index (χ0) is 26.4. The smallest absolute Gasteiger partial charge is 0.408 e. The topological polar surface area (TPSA) is 114 Å². The van der Waals surface area contributed by atoms with Crippen molar-refractivity contribution >= 4 is 18.0 Å². The monoisotopic (exact) mass is 510 g/mol. The summed E-state index contributed by atoms with van der Waals surface area (Å²) in [5.41, 5.74) is -0.715. The molecule has 1 atom stereocenters. The molecule has 0 heterocycles. The lowest BCUT2D eigenvalue weighted by Gasteiger charge is -2.30. The molecule has 1 amide bonds. The van der Waals surface area contributed by atoms with Gasteiger partial charge in [0.05, 0.1) is 0 Å². The van der Waals surface area contributed by atoms with E-state index in [1.807, 2.05) is 0 Å². The first kappa shape index (κ1) is 30.4. The van der Waals surface area contributed by atoms with Gasteiger partial charge in [0.25, 0.3) is 0 Å². The lowest BCUT2D eigenvalue weighted by molar-refractivity contribution is -0.151. The minimum absolute atomic E-state index is 0.0276. The van der Waals surface area contributed by atoms with E-state index in [4.69, 9.17) is 14.6 Å². The average molecular weight is 511 g/mol. The number of ether oxygens (including phenoxy) is 2. The van der Waals surface area contributed by atoms with E-state index < -0.39 is 29.7 Å². The predicted molar refractivity (Wildman–Crippen MR) is 140 cm³/mol. The number of carbonyl (C=O) groups excluding carboxylic acids is 2. The molecule has 8 heteroatoms. The summed E-state index contributed by atoms with van der Waals surface area (Å²) in [6.45, 7) is 5.05. The molecule has 0 aromatic rings. The van der Waals surface area contributed by atoms with Gasteiger partial charge in [0, 0.05) is 18.5 Å².